The van der Waals surface area contributed by atoms with Crippen LogP contribution in [0.1, 0.15) is 64.2 Å². The molecule has 9 heteroatoms. The van der Waals surface area contributed by atoms with Crippen LogP contribution in [0, 0.1) is 23.7 Å². The number of hydrazine groups is 2. The number of piperidine rings is 1. The molecule has 2 saturated heterocycles. The molecule has 1 amide bonds. The standard InChI is InChI=1S/C25H44ClN5O3/c1-29(14-19-9-11-30(12-10-19)15-18-5-3-2-4-6-18)24(32)23-17-31(28-27-23)16-21-8-7-20(25(33)34)13-22(21)26/h18-23,27-28H,2-17H2,1H3,(H,33,34). The second-order valence-corrected chi connectivity index (χ2v) is 11.9. The Bertz CT molecular complexity index is 683. The molecule has 194 valence electrons. The monoisotopic (exact) mass is 497 g/mol. The number of nitrogens with one attached hydrogen (secondary N) is 2. The molecule has 0 radical (unpaired) electrons. The molecule has 4 atom stereocenters. The molecule has 2 saturated carbocycles. The number of carboxylic acids is 1. The molecule has 0 aromatic rings. The second-order valence-electron chi connectivity index (χ2n) is 11.3. The minimum Gasteiger partial charge on any atom is -0.481 e. The zero-order chi connectivity index (χ0) is 24.1. The number of likely N-dealkylation sites (tertiary alicyclic amines) is 1. The Morgan fingerprint density at radius 3 is 2.41 bits per heavy atom. The summed E-state index contributed by atoms with van der Waals surface area (Å²) in [7, 11) is 1.93. The number of amides is 1. The number of carbonyl (C=O) groups is 2. The van der Waals surface area contributed by atoms with Gasteiger partial charge in [0.05, 0.1) is 5.92 Å². The van der Waals surface area contributed by atoms with Crippen molar-refractivity contribution in [1.29, 1.82) is 0 Å². The smallest absolute Gasteiger partial charge is 0.306 e. The van der Waals surface area contributed by atoms with E-state index in [9.17, 15) is 14.7 Å². The van der Waals surface area contributed by atoms with Crippen LogP contribution in [0.5, 0.6) is 0 Å². The summed E-state index contributed by atoms with van der Waals surface area (Å²) in [6, 6.07) is -0.263. The molecule has 0 aromatic heterocycles. The van der Waals surface area contributed by atoms with E-state index in [1.165, 1.54) is 64.6 Å². The highest BCUT2D eigenvalue weighted by molar-refractivity contribution is 6.21. The Balaban J connectivity index is 1.14. The largest absolute Gasteiger partial charge is 0.481 e. The molecular weight excluding hydrogens is 454 g/mol. The maximum Gasteiger partial charge on any atom is 0.306 e. The second kappa shape index (κ2) is 12.3. The first kappa shape index (κ1) is 26.1. The van der Waals surface area contributed by atoms with Crippen molar-refractivity contribution in [2.75, 3.05) is 46.3 Å². The zero-order valence-corrected chi connectivity index (χ0v) is 21.5. The van der Waals surface area contributed by atoms with Gasteiger partial charge in [0.2, 0.25) is 5.91 Å². The predicted molar refractivity (Wildman–Crippen MR) is 133 cm³/mol. The maximum atomic E-state index is 13.1. The van der Waals surface area contributed by atoms with Crippen molar-refractivity contribution >= 4 is 23.5 Å². The molecule has 0 aromatic carbocycles. The third-order valence-corrected chi connectivity index (χ3v) is 9.20. The molecule has 4 fully saturated rings. The highest BCUT2D eigenvalue weighted by Crippen LogP contribution is 2.33. The summed E-state index contributed by atoms with van der Waals surface area (Å²) in [5.74, 6) is 0.788. The molecule has 2 aliphatic carbocycles. The summed E-state index contributed by atoms with van der Waals surface area (Å²) in [6.07, 6.45) is 11.4. The van der Waals surface area contributed by atoms with E-state index in [2.05, 4.69) is 15.9 Å². The first-order valence-corrected chi connectivity index (χ1v) is 13.9. The zero-order valence-electron chi connectivity index (χ0n) is 20.8. The average molecular weight is 498 g/mol. The maximum absolute atomic E-state index is 13.1. The summed E-state index contributed by atoms with van der Waals surface area (Å²) in [5, 5.41) is 11.1. The Labute approximate surface area is 209 Å². The van der Waals surface area contributed by atoms with Gasteiger partial charge in [-0.05, 0) is 75.8 Å². The number of carbonyl (C=O) groups excluding carboxylic acids is 1. The third kappa shape index (κ3) is 7.06. The molecule has 4 rings (SSSR count). The summed E-state index contributed by atoms with van der Waals surface area (Å²) in [5.41, 5.74) is 6.29. The van der Waals surface area contributed by atoms with Gasteiger partial charge < -0.3 is 14.9 Å². The molecule has 3 N–H and O–H groups in total. The van der Waals surface area contributed by atoms with Crippen LogP contribution in [0.25, 0.3) is 0 Å². The Hall–Kier alpha value is -0.930. The fraction of sp³-hybridized carbons (Fsp3) is 0.920. The van der Waals surface area contributed by atoms with E-state index in [0.29, 0.717) is 25.3 Å². The lowest BCUT2D eigenvalue weighted by Gasteiger charge is -2.36. The molecule has 8 nitrogen and oxygen atoms in total. The van der Waals surface area contributed by atoms with Crippen molar-refractivity contribution < 1.29 is 14.7 Å². The van der Waals surface area contributed by atoms with Crippen LogP contribution >= 0.6 is 11.6 Å². The van der Waals surface area contributed by atoms with Crippen molar-refractivity contribution in [3.8, 4) is 0 Å². The van der Waals surface area contributed by atoms with E-state index in [1.807, 2.05) is 17.0 Å². The predicted octanol–water partition coefficient (Wildman–Crippen LogP) is 2.54. The Morgan fingerprint density at radius 1 is 1.00 bits per heavy atom. The lowest BCUT2D eigenvalue weighted by atomic mass is 9.81. The summed E-state index contributed by atoms with van der Waals surface area (Å²) in [4.78, 5) is 28.9. The number of likely N-dealkylation sites (N-methyl/N-ethyl adjacent to an activating group) is 1. The molecule has 4 aliphatic rings. The van der Waals surface area contributed by atoms with E-state index in [1.54, 1.807) is 0 Å². The van der Waals surface area contributed by atoms with Crippen LogP contribution in [0.15, 0.2) is 0 Å². The minimum atomic E-state index is -0.742. The average Bonchev–Trinajstić information content (AvgIpc) is 3.30. The van der Waals surface area contributed by atoms with E-state index < -0.39 is 5.97 Å². The lowest BCUT2D eigenvalue weighted by Crippen LogP contribution is -2.47. The van der Waals surface area contributed by atoms with Crippen LogP contribution in [0.4, 0.5) is 0 Å². The number of aliphatic carboxylic acids is 1. The van der Waals surface area contributed by atoms with E-state index in [4.69, 9.17) is 11.6 Å². The van der Waals surface area contributed by atoms with Crippen LogP contribution < -0.4 is 11.0 Å². The fourth-order valence-electron chi connectivity index (χ4n) is 6.46. The molecule has 2 heterocycles. The van der Waals surface area contributed by atoms with Crippen LogP contribution in [-0.2, 0) is 9.59 Å². The normalized spacial score (nSPS) is 32.6. The number of hydrogen-bond acceptors (Lipinski definition) is 6. The van der Waals surface area contributed by atoms with Gasteiger partial charge in [-0.1, -0.05) is 19.3 Å². The SMILES string of the molecule is CN(CC1CCN(CC2CCCCC2)CC1)C(=O)C1CN(CC2CCC(C(=O)O)CC2Cl)NN1. The van der Waals surface area contributed by atoms with Crippen molar-refractivity contribution in [1.82, 2.24) is 25.8 Å². The van der Waals surface area contributed by atoms with E-state index in [-0.39, 0.29) is 29.2 Å². The molecule has 0 bridgehead atoms. The molecule has 4 unspecified atom stereocenters. The van der Waals surface area contributed by atoms with Gasteiger partial charge in [-0.2, -0.15) is 5.53 Å². The summed E-state index contributed by atoms with van der Waals surface area (Å²) < 4.78 is 0. The van der Waals surface area contributed by atoms with Crippen LogP contribution in [-0.4, -0.2) is 89.5 Å². The molecular formula is C25H44ClN5O3. The third-order valence-electron chi connectivity index (χ3n) is 8.67. The fourth-order valence-corrected chi connectivity index (χ4v) is 6.88. The van der Waals surface area contributed by atoms with Crippen molar-refractivity contribution in [2.45, 2.75) is 75.6 Å². The topological polar surface area (TPSA) is 88.2 Å². The highest BCUT2D eigenvalue weighted by atomic mass is 35.5. The Kier molecular flexibility index (Phi) is 9.49. The first-order valence-electron chi connectivity index (χ1n) is 13.5. The van der Waals surface area contributed by atoms with Gasteiger partial charge in [-0.25, -0.2) is 10.4 Å². The van der Waals surface area contributed by atoms with Gasteiger partial charge >= 0.3 is 5.97 Å². The van der Waals surface area contributed by atoms with Crippen LogP contribution in [0.3, 0.4) is 0 Å². The van der Waals surface area contributed by atoms with E-state index >= 15 is 0 Å². The Morgan fingerprint density at radius 2 is 1.74 bits per heavy atom. The first-order chi connectivity index (χ1) is 16.4. The summed E-state index contributed by atoms with van der Waals surface area (Å²) >= 11 is 6.51. The van der Waals surface area contributed by atoms with Gasteiger partial charge in [0.25, 0.3) is 0 Å². The van der Waals surface area contributed by atoms with Gasteiger partial charge in [0.15, 0.2) is 0 Å². The van der Waals surface area contributed by atoms with Crippen LogP contribution in [0.2, 0.25) is 0 Å². The number of hydrogen-bond donors (Lipinski definition) is 3. The number of alkyl halides is 1. The summed E-state index contributed by atoms with van der Waals surface area (Å²) in [6.45, 7) is 5.77. The highest BCUT2D eigenvalue weighted by Gasteiger charge is 2.37. The number of halogens is 1. The number of nitrogens with zero attached hydrogens (tertiary/aromatic N) is 3. The lowest BCUT2D eigenvalue weighted by molar-refractivity contribution is -0.143. The number of rotatable bonds is 8. The quantitative estimate of drug-likeness (QED) is 0.444. The van der Waals surface area contributed by atoms with Crippen molar-refractivity contribution in [2.24, 2.45) is 23.7 Å². The van der Waals surface area contributed by atoms with E-state index in [0.717, 1.165) is 25.4 Å². The number of carboxylic acid groups (broad SMARTS) is 1. The van der Waals surface area contributed by atoms with Gasteiger partial charge in [0, 0.05) is 38.6 Å². The minimum absolute atomic E-state index is 0.136. The van der Waals surface area contributed by atoms with Crippen molar-refractivity contribution in [3.05, 3.63) is 0 Å². The van der Waals surface area contributed by atoms with Gasteiger partial charge in [0.1, 0.15) is 6.04 Å². The molecule has 2 aliphatic heterocycles. The molecule has 34 heavy (non-hydrogen) atoms. The van der Waals surface area contributed by atoms with Gasteiger partial charge in [-0.3, -0.25) is 9.59 Å². The van der Waals surface area contributed by atoms with Gasteiger partial charge in [-0.15, -0.1) is 11.6 Å². The van der Waals surface area contributed by atoms with Crippen molar-refractivity contribution in [3.63, 3.8) is 0 Å². The molecule has 0 spiro atoms.